The number of hydrogen-bond acceptors (Lipinski definition) is 3. The van der Waals surface area contributed by atoms with E-state index in [0.29, 0.717) is 18.2 Å². The molecule has 1 fully saturated rings. The minimum absolute atomic E-state index is 0.0340. The average Bonchev–Trinajstić information content (AvgIpc) is 3.08. The molecule has 4 nitrogen and oxygen atoms in total. The molecule has 1 aliphatic heterocycles. The number of benzene rings is 2. The van der Waals surface area contributed by atoms with Crippen LogP contribution < -0.4 is 10.1 Å². The van der Waals surface area contributed by atoms with Crippen molar-refractivity contribution in [2.45, 2.75) is 19.4 Å². The Balaban J connectivity index is 1.47. The summed E-state index contributed by atoms with van der Waals surface area (Å²) in [6, 6.07) is 15.0. The molecule has 0 unspecified atom stereocenters. The van der Waals surface area contributed by atoms with Crippen LogP contribution in [-0.4, -0.2) is 30.4 Å². The van der Waals surface area contributed by atoms with Gasteiger partial charge >= 0.3 is 0 Å². The normalized spacial score (nSPS) is 14.5. The quantitative estimate of drug-likeness (QED) is 0.862. The van der Waals surface area contributed by atoms with Crippen LogP contribution >= 0.6 is 11.6 Å². The molecule has 1 aliphatic rings. The minimum Gasteiger partial charge on any atom is -0.489 e. The molecular formula is C19H21ClN2O2. The number of ether oxygens (including phenoxy) is 1. The number of carbonyl (C=O) groups is 1. The van der Waals surface area contributed by atoms with E-state index in [2.05, 4.69) is 10.2 Å². The maximum atomic E-state index is 12.0. The summed E-state index contributed by atoms with van der Waals surface area (Å²) in [6.45, 7) is 2.99. The van der Waals surface area contributed by atoms with Gasteiger partial charge in [-0.25, -0.2) is 0 Å². The van der Waals surface area contributed by atoms with Gasteiger partial charge in [-0.2, -0.15) is 0 Å². The van der Waals surface area contributed by atoms with Crippen LogP contribution in [0.3, 0.4) is 0 Å². The van der Waals surface area contributed by atoms with Crippen molar-refractivity contribution >= 4 is 23.2 Å². The highest BCUT2D eigenvalue weighted by atomic mass is 35.5. The van der Waals surface area contributed by atoms with Crippen molar-refractivity contribution in [3.05, 3.63) is 59.1 Å². The van der Waals surface area contributed by atoms with Gasteiger partial charge in [0.15, 0.2) is 0 Å². The highest BCUT2D eigenvalue weighted by molar-refractivity contribution is 6.30. The topological polar surface area (TPSA) is 41.6 Å². The van der Waals surface area contributed by atoms with Crippen LogP contribution in [-0.2, 0) is 11.4 Å². The van der Waals surface area contributed by atoms with E-state index in [1.807, 2.05) is 48.5 Å². The van der Waals surface area contributed by atoms with Gasteiger partial charge in [0, 0.05) is 10.7 Å². The van der Waals surface area contributed by atoms with Gasteiger partial charge in [0.25, 0.3) is 0 Å². The molecule has 0 aliphatic carbocycles. The van der Waals surface area contributed by atoms with Crippen molar-refractivity contribution in [3.8, 4) is 5.75 Å². The third-order valence-corrected chi connectivity index (χ3v) is 4.27. The Hall–Kier alpha value is -2.04. The van der Waals surface area contributed by atoms with Crippen molar-refractivity contribution < 1.29 is 9.53 Å². The summed E-state index contributed by atoms with van der Waals surface area (Å²) in [7, 11) is 0. The molecule has 1 saturated heterocycles. The van der Waals surface area contributed by atoms with E-state index in [1.54, 1.807) is 0 Å². The monoisotopic (exact) mass is 344 g/mol. The standard InChI is InChI=1S/C19H21ClN2O2/c20-16-5-3-15(4-6-16)14-24-18-9-7-17(8-10-18)21-19(23)13-22-11-1-2-12-22/h3-10H,1-2,11-14H2,(H,21,23). The summed E-state index contributed by atoms with van der Waals surface area (Å²) in [5, 5.41) is 3.64. The molecule has 1 N–H and O–H groups in total. The van der Waals surface area contributed by atoms with E-state index in [4.69, 9.17) is 16.3 Å². The van der Waals surface area contributed by atoms with Crippen molar-refractivity contribution in [3.63, 3.8) is 0 Å². The maximum Gasteiger partial charge on any atom is 0.238 e. The van der Waals surface area contributed by atoms with E-state index in [-0.39, 0.29) is 5.91 Å². The Morgan fingerprint density at radius 1 is 1.04 bits per heavy atom. The predicted octanol–water partition coefficient (Wildman–Crippen LogP) is 3.95. The van der Waals surface area contributed by atoms with Crippen LogP contribution in [0.15, 0.2) is 48.5 Å². The Labute approximate surface area is 147 Å². The molecule has 24 heavy (non-hydrogen) atoms. The number of rotatable bonds is 6. The fourth-order valence-corrected chi connectivity index (χ4v) is 2.85. The Morgan fingerprint density at radius 3 is 2.38 bits per heavy atom. The molecule has 0 atom stereocenters. The highest BCUT2D eigenvalue weighted by Gasteiger charge is 2.14. The zero-order valence-electron chi connectivity index (χ0n) is 13.5. The second-order valence-corrected chi connectivity index (χ2v) is 6.41. The van der Waals surface area contributed by atoms with E-state index in [0.717, 1.165) is 30.1 Å². The first-order chi connectivity index (χ1) is 11.7. The first kappa shape index (κ1) is 16.8. The number of likely N-dealkylation sites (tertiary alicyclic amines) is 1. The third kappa shape index (κ3) is 4.98. The molecule has 0 saturated carbocycles. The molecule has 3 rings (SSSR count). The zero-order chi connectivity index (χ0) is 16.8. The van der Waals surface area contributed by atoms with Crippen molar-refractivity contribution in [2.75, 3.05) is 25.0 Å². The summed E-state index contributed by atoms with van der Waals surface area (Å²) >= 11 is 5.86. The smallest absolute Gasteiger partial charge is 0.238 e. The van der Waals surface area contributed by atoms with Crippen LogP contribution in [0.1, 0.15) is 18.4 Å². The Kier molecular flexibility index (Phi) is 5.72. The van der Waals surface area contributed by atoms with Gasteiger partial charge in [-0.3, -0.25) is 9.69 Å². The maximum absolute atomic E-state index is 12.0. The fourth-order valence-electron chi connectivity index (χ4n) is 2.73. The van der Waals surface area contributed by atoms with Gasteiger partial charge in [-0.1, -0.05) is 23.7 Å². The zero-order valence-corrected chi connectivity index (χ0v) is 14.3. The molecule has 0 spiro atoms. The first-order valence-corrected chi connectivity index (χ1v) is 8.56. The van der Waals surface area contributed by atoms with Crippen LogP contribution in [0.4, 0.5) is 5.69 Å². The largest absolute Gasteiger partial charge is 0.489 e. The lowest BCUT2D eigenvalue weighted by Gasteiger charge is -2.14. The number of nitrogens with zero attached hydrogens (tertiary/aromatic N) is 1. The van der Waals surface area contributed by atoms with Crippen molar-refractivity contribution in [1.82, 2.24) is 4.90 Å². The second-order valence-electron chi connectivity index (χ2n) is 5.97. The second kappa shape index (κ2) is 8.18. The lowest BCUT2D eigenvalue weighted by Crippen LogP contribution is -2.30. The molecular weight excluding hydrogens is 324 g/mol. The van der Waals surface area contributed by atoms with Gasteiger partial charge in [0.05, 0.1) is 6.54 Å². The van der Waals surface area contributed by atoms with Crippen LogP contribution in [0.25, 0.3) is 0 Å². The lowest BCUT2D eigenvalue weighted by atomic mass is 10.2. The molecule has 1 heterocycles. The van der Waals surface area contributed by atoms with E-state index >= 15 is 0 Å². The Bertz CT molecular complexity index is 665. The lowest BCUT2D eigenvalue weighted by molar-refractivity contribution is -0.117. The summed E-state index contributed by atoms with van der Waals surface area (Å²) in [6.07, 6.45) is 2.37. The first-order valence-electron chi connectivity index (χ1n) is 8.18. The summed E-state index contributed by atoms with van der Waals surface area (Å²) < 4.78 is 5.74. The van der Waals surface area contributed by atoms with Gasteiger partial charge in [-0.15, -0.1) is 0 Å². The van der Waals surface area contributed by atoms with Gasteiger partial charge in [0.1, 0.15) is 12.4 Å². The fraction of sp³-hybridized carbons (Fsp3) is 0.316. The SMILES string of the molecule is O=C(CN1CCCC1)Nc1ccc(OCc2ccc(Cl)cc2)cc1. The number of hydrogen-bond donors (Lipinski definition) is 1. The Morgan fingerprint density at radius 2 is 1.71 bits per heavy atom. The third-order valence-electron chi connectivity index (χ3n) is 4.02. The number of anilines is 1. The van der Waals surface area contributed by atoms with Crippen molar-refractivity contribution in [1.29, 1.82) is 0 Å². The van der Waals surface area contributed by atoms with E-state index in [9.17, 15) is 4.79 Å². The molecule has 0 bridgehead atoms. The summed E-state index contributed by atoms with van der Waals surface area (Å²) in [5.41, 5.74) is 1.85. The summed E-state index contributed by atoms with van der Waals surface area (Å²) in [5.74, 6) is 0.800. The molecule has 126 valence electrons. The van der Waals surface area contributed by atoms with Gasteiger partial charge in [0.2, 0.25) is 5.91 Å². The predicted molar refractivity (Wildman–Crippen MR) is 96.5 cm³/mol. The molecule has 5 heteroatoms. The van der Waals surface area contributed by atoms with Gasteiger partial charge < -0.3 is 10.1 Å². The highest BCUT2D eigenvalue weighted by Crippen LogP contribution is 2.18. The number of nitrogens with one attached hydrogen (secondary N) is 1. The molecule has 1 amide bonds. The molecule has 2 aromatic rings. The molecule has 0 radical (unpaired) electrons. The molecule has 2 aromatic carbocycles. The number of amides is 1. The van der Waals surface area contributed by atoms with E-state index in [1.165, 1.54) is 12.8 Å². The summed E-state index contributed by atoms with van der Waals surface area (Å²) in [4.78, 5) is 14.2. The number of carbonyl (C=O) groups excluding carboxylic acids is 1. The minimum atomic E-state index is 0.0340. The average molecular weight is 345 g/mol. The van der Waals surface area contributed by atoms with Crippen LogP contribution in [0.2, 0.25) is 5.02 Å². The number of halogens is 1. The van der Waals surface area contributed by atoms with Gasteiger partial charge in [-0.05, 0) is 67.9 Å². The van der Waals surface area contributed by atoms with Crippen LogP contribution in [0.5, 0.6) is 5.75 Å². The van der Waals surface area contributed by atoms with Crippen LogP contribution in [0, 0.1) is 0 Å². The van der Waals surface area contributed by atoms with Crippen molar-refractivity contribution in [2.24, 2.45) is 0 Å². The molecule has 0 aromatic heterocycles. The van der Waals surface area contributed by atoms with E-state index < -0.39 is 0 Å².